The summed E-state index contributed by atoms with van der Waals surface area (Å²) in [6.45, 7) is 5.60. The molecule has 1 rings (SSSR count). The summed E-state index contributed by atoms with van der Waals surface area (Å²) in [6, 6.07) is 7.35. The van der Waals surface area contributed by atoms with Crippen molar-refractivity contribution in [2.45, 2.75) is 31.7 Å². The fourth-order valence-electron chi connectivity index (χ4n) is 1.73. The van der Waals surface area contributed by atoms with Gasteiger partial charge in [-0.3, -0.25) is 14.4 Å². The molecule has 0 aliphatic carbocycles. The molecule has 0 bridgehead atoms. The molecule has 0 spiro atoms. The van der Waals surface area contributed by atoms with Crippen LogP contribution < -0.4 is 15.4 Å². The van der Waals surface area contributed by atoms with E-state index in [0.29, 0.717) is 6.61 Å². The molecule has 0 aliphatic rings. The van der Waals surface area contributed by atoms with Gasteiger partial charge in [0.1, 0.15) is 5.75 Å². The maximum absolute atomic E-state index is 11.6. The van der Waals surface area contributed by atoms with Gasteiger partial charge in [0.2, 0.25) is 5.91 Å². The van der Waals surface area contributed by atoms with E-state index in [9.17, 15) is 14.4 Å². The van der Waals surface area contributed by atoms with Crippen molar-refractivity contribution < 1.29 is 23.9 Å². The largest absolute Gasteiger partial charge is 0.494 e. The fraction of sp³-hybridized carbons (Fsp3) is 0.471. The van der Waals surface area contributed by atoms with Gasteiger partial charge in [-0.05, 0) is 45.0 Å². The quantitative estimate of drug-likeness (QED) is 0.478. The molecule has 2 N–H and O–H groups in total. The van der Waals surface area contributed by atoms with Crippen molar-refractivity contribution in [1.29, 1.82) is 0 Å². The number of ether oxygens (including phenoxy) is 2. The van der Waals surface area contributed by atoms with Crippen LogP contribution in [0, 0.1) is 0 Å². The lowest BCUT2D eigenvalue weighted by atomic mass is 10.3. The van der Waals surface area contributed by atoms with E-state index in [0.717, 1.165) is 10.6 Å². The Labute approximate surface area is 151 Å². The number of esters is 1. The molecule has 0 saturated carbocycles. The van der Waals surface area contributed by atoms with Crippen molar-refractivity contribution in [2.75, 3.05) is 25.5 Å². The number of carbonyl (C=O) groups is 3. The average Bonchev–Trinajstić information content (AvgIpc) is 2.57. The minimum atomic E-state index is -0.515. The van der Waals surface area contributed by atoms with Crippen molar-refractivity contribution >= 4 is 29.5 Å². The summed E-state index contributed by atoms with van der Waals surface area (Å²) in [6.07, 6.45) is 0. The molecule has 7 nitrogen and oxygen atoms in total. The second-order valence-electron chi connectivity index (χ2n) is 5.35. The number of thioether (sulfide) groups is 1. The van der Waals surface area contributed by atoms with Crippen molar-refractivity contribution in [3.63, 3.8) is 0 Å². The molecule has 138 valence electrons. The Hall–Kier alpha value is -2.22. The van der Waals surface area contributed by atoms with Crippen LogP contribution in [0.4, 0.5) is 0 Å². The van der Waals surface area contributed by atoms with Gasteiger partial charge in [0.15, 0.2) is 6.61 Å². The molecule has 1 aromatic carbocycles. The highest BCUT2D eigenvalue weighted by Crippen LogP contribution is 2.21. The molecule has 0 aromatic heterocycles. The lowest BCUT2D eigenvalue weighted by Crippen LogP contribution is -2.41. The first kappa shape index (κ1) is 20.8. The first-order valence-electron chi connectivity index (χ1n) is 7.98. The molecule has 1 aromatic rings. The van der Waals surface area contributed by atoms with Crippen molar-refractivity contribution in [3.8, 4) is 5.75 Å². The van der Waals surface area contributed by atoms with Gasteiger partial charge in [0, 0.05) is 10.9 Å². The number of nitrogens with one attached hydrogen (secondary N) is 2. The Kier molecular flexibility index (Phi) is 9.46. The zero-order chi connectivity index (χ0) is 18.7. The zero-order valence-electron chi connectivity index (χ0n) is 14.7. The number of rotatable bonds is 10. The molecule has 25 heavy (non-hydrogen) atoms. The van der Waals surface area contributed by atoms with E-state index in [4.69, 9.17) is 9.47 Å². The van der Waals surface area contributed by atoms with Crippen LogP contribution in [0.15, 0.2) is 29.2 Å². The van der Waals surface area contributed by atoms with E-state index in [1.54, 1.807) is 0 Å². The first-order chi connectivity index (χ1) is 11.9. The van der Waals surface area contributed by atoms with Crippen LogP contribution in [0.3, 0.4) is 0 Å². The zero-order valence-corrected chi connectivity index (χ0v) is 15.5. The van der Waals surface area contributed by atoms with E-state index in [1.165, 1.54) is 11.8 Å². The minimum Gasteiger partial charge on any atom is -0.494 e. The molecule has 0 unspecified atom stereocenters. The van der Waals surface area contributed by atoms with E-state index in [1.807, 2.05) is 45.0 Å². The molecule has 0 heterocycles. The van der Waals surface area contributed by atoms with Crippen LogP contribution in [0.1, 0.15) is 20.8 Å². The molecular weight excluding hydrogens is 344 g/mol. The number of hydrogen-bond acceptors (Lipinski definition) is 6. The van der Waals surface area contributed by atoms with Crippen LogP contribution in [0.25, 0.3) is 0 Å². The third kappa shape index (κ3) is 9.61. The summed E-state index contributed by atoms with van der Waals surface area (Å²) >= 11 is 1.31. The summed E-state index contributed by atoms with van der Waals surface area (Å²) in [7, 11) is 0. The maximum atomic E-state index is 11.6. The minimum absolute atomic E-state index is 0.00172. The predicted molar refractivity (Wildman–Crippen MR) is 95.6 cm³/mol. The molecule has 0 radical (unpaired) electrons. The molecule has 0 saturated heterocycles. The Bertz CT molecular complexity index is 575. The number of benzene rings is 1. The van der Waals surface area contributed by atoms with Gasteiger partial charge in [-0.25, -0.2) is 0 Å². The maximum Gasteiger partial charge on any atom is 0.316 e. The van der Waals surface area contributed by atoms with Crippen LogP contribution in [0.5, 0.6) is 5.75 Å². The highest BCUT2D eigenvalue weighted by atomic mass is 32.2. The Morgan fingerprint density at radius 1 is 1.12 bits per heavy atom. The van der Waals surface area contributed by atoms with Gasteiger partial charge >= 0.3 is 5.97 Å². The van der Waals surface area contributed by atoms with Crippen LogP contribution in [-0.2, 0) is 19.1 Å². The number of amides is 2. The van der Waals surface area contributed by atoms with Crippen LogP contribution >= 0.6 is 11.8 Å². The van der Waals surface area contributed by atoms with Crippen molar-refractivity contribution in [1.82, 2.24) is 10.6 Å². The Morgan fingerprint density at radius 2 is 1.80 bits per heavy atom. The lowest BCUT2D eigenvalue weighted by Gasteiger charge is -2.09. The second kappa shape index (κ2) is 11.4. The molecule has 0 fully saturated rings. The standard InChI is InChI=1S/C17H24N2O5S/c1-4-23-13-5-7-14(8-6-13)25-11-17(22)24-10-16(21)18-9-15(20)19-12(2)3/h5-8,12H,4,9-11H2,1-3H3,(H,18,21)(H,19,20). The first-order valence-corrected chi connectivity index (χ1v) is 8.96. The number of hydrogen-bond donors (Lipinski definition) is 2. The molecule has 2 amide bonds. The SMILES string of the molecule is CCOc1ccc(SCC(=O)OCC(=O)NCC(=O)NC(C)C)cc1. The van der Waals surface area contributed by atoms with Gasteiger partial charge in [0.05, 0.1) is 18.9 Å². The smallest absolute Gasteiger partial charge is 0.316 e. The third-order valence-corrected chi connectivity index (χ3v) is 3.74. The summed E-state index contributed by atoms with van der Waals surface area (Å²) in [5.74, 6) is -0.443. The lowest BCUT2D eigenvalue weighted by molar-refractivity contribution is -0.146. The topological polar surface area (TPSA) is 93.7 Å². The van der Waals surface area contributed by atoms with Crippen LogP contribution in [-0.4, -0.2) is 49.3 Å². The van der Waals surface area contributed by atoms with E-state index in [2.05, 4.69) is 10.6 Å². The number of carbonyl (C=O) groups excluding carboxylic acids is 3. The summed E-state index contributed by atoms with van der Waals surface area (Å²) < 4.78 is 10.2. The summed E-state index contributed by atoms with van der Waals surface area (Å²) in [5.41, 5.74) is 0. The van der Waals surface area contributed by atoms with Crippen molar-refractivity contribution in [3.05, 3.63) is 24.3 Å². The normalized spacial score (nSPS) is 10.2. The predicted octanol–water partition coefficient (Wildman–Crippen LogP) is 1.36. The monoisotopic (exact) mass is 368 g/mol. The van der Waals surface area contributed by atoms with Crippen LogP contribution in [0.2, 0.25) is 0 Å². The Morgan fingerprint density at radius 3 is 2.40 bits per heavy atom. The van der Waals surface area contributed by atoms with E-state index >= 15 is 0 Å². The van der Waals surface area contributed by atoms with Gasteiger partial charge in [-0.2, -0.15) is 0 Å². The Balaban J connectivity index is 2.21. The summed E-state index contributed by atoms with van der Waals surface area (Å²) in [4.78, 5) is 35.4. The van der Waals surface area contributed by atoms with E-state index in [-0.39, 0.29) is 24.2 Å². The van der Waals surface area contributed by atoms with Gasteiger partial charge in [-0.1, -0.05) is 0 Å². The van der Waals surface area contributed by atoms with Gasteiger partial charge in [0.25, 0.3) is 5.91 Å². The second-order valence-corrected chi connectivity index (χ2v) is 6.40. The molecule has 8 heteroatoms. The van der Waals surface area contributed by atoms with Gasteiger partial charge in [-0.15, -0.1) is 11.8 Å². The third-order valence-electron chi connectivity index (χ3n) is 2.75. The van der Waals surface area contributed by atoms with Crippen molar-refractivity contribution in [2.24, 2.45) is 0 Å². The highest BCUT2D eigenvalue weighted by molar-refractivity contribution is 8.00. The highest BCUT2D eigenvalue weighted by Gasteiger charge is 2.10. The van der Waals surface area contributed by atoms with E-state index < -0.39 is 18.5 Å². The molecular formula is C17H24N2O5S. The fourth-order valence-corrected chi connectivity index (χ4v) is 2.43. The molecule has 0 atom stereocenters. The van der Waals surface area contributed by atoms with Gasteiger partial charge < -0.3 is 20.1 Å². The average molecular weight is 368 g/mol. The molecule has 0 aliphatic heterocycles. The summed E-state index contributed by atoms with van der Waals surface area (Å²) in [5, 5.41) is 5.03.